The molecule has 0 saturated carbocycles. The topological polar surface area (TPSA) is 71.3 Å². The lowest BCUT2D eigenvalue weighted by molar-refractivity contribution is 0.283. The summed E-state index contributed by atoms with van der Waals surface area (Å²) in [6.07, 6.45) is 5.55. The van der Waals surface area contributed by atoms with E-state index in [1.165, 1.54) is 0 Å². The molecule has 0 aromatic carbocycles. The Labute approximate surface area is 96.1 Å². The van der Waals surface area contributed by atoms with Crippen LogP contribution in [0.5, 0.6) is 0 Å². The number of rotatable bonds is 7. The Hall–Kier alpha value is -0.850. The Morgan fingerprint density at radius 3 is 2.69 bits per heavy atom. The number of aliphatic hydroxyl groups excluding tert-OH is 1. The number of nitrogens with zero attached hydrogens (tertiary/aromatic N) is 1. The van der Waals surface area contributed by atoms with Gasteiger partial charge >= 0.3 is 0 Å². The largest absolute Gasteiger partial charge is 0.396 e. The predicted octanol–water partition coefficient (Wildman–Crippen LogP) is 0.466. The van der Waals surface area contributed by atoms with Crippen LogP contribution in [0.25, 0.3) is 0 Å². The van der Waals surface area contributed by atoms with Crippen LogP contribution in [0.2, 0.25) is 0 Å². The lowest BCUT2D eigenvalue weighted by atomic mass is 10.2. The number of hydrogen-bond donors (Lipinski definition) is 2. The molecule has 0 bridgehead atoms. The van der Waals surface area contributed by atoms with Crippen molar-refractivity contribution in [3.05, 3.63) is 18.5 Å². The summed E-state index contributed by atoms with van der Waals surface area (Å²) >= 11 is 0. The van der Waals surface area contributed by atoms with Gasteiger partial charge in [0.2, 0.25) is 10.0 Å². The molecule has 0 atom stereocenters. The van der Waals surface area contributed by atoms with Gasteiger partial charge in [0.05, 0.1) is 4.90 Å². The van der Waals surface area contributed by atoms with Crippen molar-refractivity contribution in [2.75, 3.05) is 13.2 Å². The molecular weight excluding hydrogens is 228 g/mol. The van der Waals surface area contributed by atoms with Crippen molar-refractivity contribution in [1.29, 1.82) is 0 Å². The van der Waals surface area contributed by atoms with Crippen molar-refractivity contribution >= 4 is 10.0 Å². The molecular formula is C10H18N2O3S. The molecule has 92 valence electrons. The second-order valence-electron chi connectivity index (χ2n) is 3.69. The van der Waals surface area contributed by atoms with Gasteiger partial charge in [-0.25, -0.2) is 13.1 Å². The van der Waals surface area contributed by atoms with Gasteiger partial charge in [-0.2, -0.15) is 0 Å². The van der Waals surface area contributed by atoms with Crippen LogP contribution >= 0.6 is 0 Å². The van der Waals surface area contributed by atoms with E-state index in [1.807, 2.05) is 0 Å². The molecule has 0 amide bonds. The van der Waals surface area contributed by atoms with Crippen LogP contribution in [0.3, 0.4) is 0 Å². The second-order valence-corrected chi connectivity index (χ2v) is 5.46. The van der Waals surface area contributed by atoms with Crippen LogP contribution in [-0.2, 0) is 17.1 Å². The first-order valence-electron chi connectivity index (χ1n) is 5.29. The Balaban J connectivity index is 2.41. The smallest absolute Gasteiger partial charge is 0.242 e. The number of aromatic nitrogens is 1. The zero-order valence-electron chi connectivity index (χ0n) is 9.39. The minimum atomic E-state index is -3.36. The number of nitrogens with one attached hydrogen (secondary N) is 1. The molecule has 0 fully saturated rings. The van der Waals surface area contributed by atoms with Gasteiger partial charge in [0.25, 0.3) is 0 Å². The van der Waals surface area contributed by atoms with E-state index < -0.39 is 10.0 Å². The highest BCUT2D eigenvalue weighted by molar-refractivity contribution is 7.89. The summed E-state index contributed by atoms with van der Waals surface area (Å²) in [5.41, 5.74) is 0. The van der Waals surface area contributed by atoms with Crippen LogP contribution in [0.1, 0.15) is 19.3 Å². The summed E-state index contributed by atoms with van der Waals surface area (Å²) < 4.78 is 27.6. The number of aryl methyl sites for hydroxylation is 1. The van der Waals surface area contributed by atoms with E-state index in [1.54, 1.807) is 30.1 Å². The van der Waals surface area contributed by atoms with E-state index in [4.69, 9.17) is 5.11 Å². The fourth-order valence-corrected chi connectivity index (χ4v) is 2.46. The second kappa shape index (κ2) is 6.03. The molecule has 2 N–H and O–H groups in total. The number of sulfonamides is 1. The minimum absolute atomic E-state index is 0.158. The average molecular weight is 246 g/mol. The molecule has 16 heavy (non-hydrogen) atoms. The van der Waals surface area contributed by atoms with Gasteiger partial charge in [0, 0.05) is 32.6 Å². The molecule has 0 spiro atoms. The van der Waals surface area contributed by atoms with E-state index in [0.29, 0.717) is 13.0 Å². The summed E-state index contributed by atoms with van der Waals surface area (Å²) in [5.74, 6) is 0. The number of aliphatic hydroxyl groups is 1. The molecule has 0 unspecified atom stereocenters. The van der Waals surface area contributed by atoms with E-state index >= 15 is 0 Å². The van der Waals surface area contributed by atoms with Gasteiger partial charge < -0.3 is 9.67 Å². The lowest BCUT2D eigenvalue weighted by Crippen LogP contribution is -2.24. The molecule has 6 heteroatoms. The maximum Gasteiger partial charge on any atom is 0.242 e. The monoisotopic (exact) mass is 246 g/mol. The zero-order chi connectivity index (χ0) is 12.0. The van der Waals surface area contributed by atoms with Crippen LogP contribution < -0.4 is 4.72 Å². The van der Waals surface area contributed by atoms with Gasteiger partial charge in [-0.05, 0) is 25.3 Å². The Morgan fingerprint density at radius 1 is 1.38 bits per heavy atom. The quantitative estimate of drug-likeness (QED) is 0.687. The molecule has 1 aromatic heterocycles. The summed E-state index contributed by atoms with van der Waals surface area (Å²) in [4.78, 5) is 0.289. The van der Waals surface area contributed by atoms with E-state index in [-0.39, 0.29) is 11.5 Å². The summed E-state index contributed by atoms with van der Waals surface area (Å²) in [6.45, 7) is 0.572. The highest BCUT2D eigenvalue weighted by atomic mass is 32.2. The van der Waals surface area contributed by atoms with Crippen molar-refractivity contribution in [1.82, 2.24) is 9.29 Å². The zero-order valence-corrected chi connectivity index (χ0v) is 10.2. The molecule has 1 rings (SSSR count). The van der Waals surface area contributed by atoms with Crippen LogP contribution in [-0.4, -0.2) is 31.2 Å². The molecule has 1 heterocycles. The van der Waals surface area contributed by atoms with Crippen molar-refractivity contribution in [2.45, 2.75) is 24.2 Å². The Bertz CT molecular complexity index is 411. The minimum Gasteiger partial charge on any atom is -0.396 e. The molecule has 0 aliphatic rings. The Morgan fingerprint density at radius 2 is 2.12 bits per heavy atom. The van der Waals surface area contributed by atoms with Crippen molar-refractivity contribution < 1.29 is 13.5 Å². The third kappa shape index (κ3) is 3.96. The molecule has 0 saturated heterocycles. The summed E-state index contributed by atoms with van der Waals surface area (Å²) in [6, 6.07) is 1.57. The highest BCUT2D eigenvalue weighted by Crippen LogP contribution is 2.08. The molecule has 0 aliphatic carbocycles. The first-order valence-corrected chi connectivity index (χ1v) is 6.77. The maximum atomic E-state index is 11.7. The highest BCUT2D eigenvalue weighted by Gasteiger charge is 2.13. The van der Waals surface area contributed by atoms with Gasteiger partial charge in [-0.15, -0.1) is 0 Å². The lowest BCUT2D eigenvalue weighted by Gasteiger charge is -2.04. The van der Waals surface area contributed by atoms with Crippen molar-refractivity contribution in [2.24, 2.45) is 7.05 Å². The molecule has 0 radical (unpaired) electrons. The van der Waals surface area contributed by atoms with Gasteiger partial charge in [-0.3, -0.25) is 0 Å². The fraction of sp³-hybridized carbons (Fsp3) is 0.600. The predicted molar refractivity (Wildman–Crippen MR) is 61.5 cm³/mol. The normalized spacial score (nSPS) is 11.9. The molecule has 5 nitrogen and oxygen atoms in total. The van der Waals surface area contributed by atoms with Gasteiger partial charge in [-0.1, -0.05) is 0 Å². The summed E-state index contributed by atoms with van der Waals surface area (Å²) in [7, 11) is -1.58. The van der Waals surface area contributed by atoms with E-state index in [2.05, 4.69) is 4.72 Å². The fourth-order valence-electron chi connectivity index (χ4n) is 1.34. The third-order valence-corrected chi connectivity index (χ3v) is 3.69. The van der Waals surface area contributed by atoms with Gasteiger partial charge in [0.15, 0.2) is 0 Å². The standard InChI is InChI=1S/C10H18N2O3S/c1-12-7-5-10(9-12)16(14,15)11-6-3-2-4-8-13/h5,7,9,11,13H,2-4,6,8H2,1H3. The van der Waals surface area contributed by atoms with Gasteiger partial charge in [0.1, 0.15) is 0 Å². The van der Waals surface area contributed by atoms with Crippen LogP contribution in [0, 0.1) is 0 Å². The molecule has 0 aliphatic heterocycles. The third-order valence-electron chi connectivity index (χ3n) is 2.24. The SMILES string of the molecule is Cn1ccc(S(=O)(=O)NCCCCCO)c1. The maximum absolute atomic E-state index is 11.7. The first-order chi connectivity index (χ1) is 7.56. The Kier molecular flexibility index (Phi) is 4.98. The number of hydrogen-bond acceptors (Lipinski definition) is 3. The summed E-state index contributed by atoms with van der Waals surface area (Å²) in [5, 5.41) is 8.56. The van der Waals surface area contributed by atoms with Crippen LogP contribution in [0.4, 0.5) is 0 Å². The van der Waals surface area contributed by atoms with Crippen LogP contribution in [0.15, 0.2) is 23.4 Å². The van der Waals surface area contributed by atoms with Crippen molar-refractivity contribution in [3.63, 3.8) is 0 Å². The number of unbranched alkanes of at least 4 members (excludes halogenated alkanes) is 2. The average Bonchev–Trinajstić information content (AvgIpc) is 2.65. The molecule has 1 aromatic rings. The van der Waals surface area contributed by atoms with E-state index in [9.17, 15) is 8.42 Å². The van der Waals surface area contributed by atoms with Crippen molar-refractivity contribution in [3.8, 4) is 0 Å². The van der Waals surface area contributed by atoms with E-state index in [0.717, 1.165) is 12.8 Å². The first kappa shape index (κ1) is 13.2.